The lowest BCUT2D eigenvalue weighted by atomic mass is 10.1. The normalized spacial score (nSPS) is 16.1. The van der Waals surface area contributed by atoms with Gasteiger partial charge in [-0.1, -0.05) is 18.2 Å². The molecule has 1 aliphatic heterocycles. The van der Waals surface area contributed by atoms with E-state index in [1.54, 1.807) is 23.5 Å². The number of rotatable bonds is 7. The van der Waals surface area contributed by atoms with Crippen LogP contribution in [0.1, 0.15) is 35.7 Å². The average molecular weight is 372 g/mol. The van der Waals surface area contributed by atoms with E-state index in [9.17, 15) is 9.59 Å². The molecule has 136 valence electrons. The van der Waals surface area contributed by atoms with Gasteiger partial charge >= 0.3 is 5.97 Å². The molecule has 0 fully saturated rings. The maximum Gasteiger partial charge on any atom is 0.303 e. The van der Waals surface area contributed by atoms with E-state index in [0.717, 1.165) is 21.9 Å². The first-order valence-electron chi connectivity index (χ1n) is 8.28. The zero-order valence-corrected chi connectivity index (χ0v) is 15.2. The Hall–Kier alpha value is -2.80. The van der Waals surface area contributed by atoms with Crippen molar-refractivity contribution in [1.29, 1.82) is 0 Å². The van der Waals surface area contributed by atoms with Gasteiger partial charge in [-0.3, -0.25) is 15.0 Å². The molecule has 1 atom stereocenters. The molecule has 7 heteroatoms. The molecule has 0 aliphatic carbocycles. The molecule has 1 aliphatic rings. The lowest BCUT2D eigenvalue weighted by Crippen LogP contribution is -2.39. The van der Waals surface area contributed by atoms with Crippen LogP contribution in [-0.4, -0.2) is 29.1 Å². The van der Waals surface area contributed by atoms with Crippen molar-refractivity contribution in [3.05, 3.63) is 58.3 Å². The minimum atomic E-state index is -0.891. The number of aliphatic carboxylic acids is 1. The Balaban J connectivity index is 1.81. The molecule has 2 aromatic rings. The van der Waals surface area contributed by atoms with E-state index in [1.165, 1.54) is 0 Å². The van der Waals surface area contributed by atoms with Gasteiger partial charge in [-0.2, -0.15) is 0 Å². The van der Waals surface area contributed by atoms with Crippen LogP contribution in [-0.2, 0) is 9.59 Å². The number of ether oxygens (including phenoxy) is 1. The Morgan fingerprint density at radius 2 is 2.12 bits per heavy atom. The molecule has 2 N–H and O–H groups in total. The predicted molar refractivity (Wildman–Crippen MR) is 99.5 cm³/mol. The molecule has 1 aromatic heterocycles. The van der Waals surface area contributed by atoms with Crippen LogP contribution in [0, 0.1) is 0 Å². The number of hydrogen-bond donors (Lipinski definition) is 2. The maximum atomic E-state index is 12.6. The van der Waals surface area contributed by atoms with E-state index >= 15 is 0 Å². The molecule has 1 aromatic carbocycles. The summed E-state index contributed by atoms with van der Waals surface area (Å²) in [6.45, 7) is 0. The second kappa shape index (κ2) is 8.05. The summed E-state index contributed by atoms with van der Waals surface area (Å²) in [5.74, 6) is -0.278. The second-order valence-electron chi connectivity index (χ2n) is 5.90. The topological polar surface area (TPSA) is 78.9 Å². The van der Waals surface area contributed by atoms with E-state index in [2.05, 4.69) is 5.43 Å². The Morgan fingerprint density at radius 3 is 2.81 bits per heavy atom. The highest BCUT2D eigenvalue weighted by Gasteiger charge is 2.31. The number of carbonyl (C=O) groups is 2. The van der Waals surface area contributed by atoms with Gasteiger partial charge in [-0.25, -0.2) is 5.01 Å². The number of amides is 1. The minimum absolute atomic E-state index is 0.0145. The summed E-state index contributed by atoms with van der Waals surface area (Å²) in [6.07, 6.45) is 2.49. The molecule has 0 spiro atoms. The first-order chi connectivity index (χ1) is 12.6. The number of benzene rings is 1. The van der Waals surface area contributed by atoms with Crippen molar-refractivity contribution in [1.82, 2.24) is 10.4 Å². The third-order valence-electron chi connectivity index (χ3n) is 4.11. The SMILES string of the molecule is COc1cccc(C2=C[C@H](c3cccs3)N(C(=O)CCCC(=O)O)N2)c1. The third-order valence-corrected chi connectivity index (χ3v) is 5.05. The first kappa shape index (κ1) is 18.0. The molecule has 0 saturated heterocycles. The van der Waals surface area contributed by atoms with Crippen molar-refractivity contribution < 1.29 is 19.4 Å². The van der Waals surface area contributed by atoms with Crippen LogP contribution >= 0.6 is 11.3 Å². The van der Waals surface area contributed by atoms with Crippen LogP contribution in [0.15, 0.2) is 47.9 Å². The monoisotopic (exact) mass is 372 g/mol. The molecule has 3 rings (SSSR count). The van der Waals surface area contributed by atoms with Crippen molar-refractivity contribution >= 4 is 28.9 Å². The third kappa shape index (κ3) is 4.05. The molecule has 2 heterocycles. The maximum absolute atomic E-state index is 12.6. The number of nitrogens with one attached hydrogen (secondary N) is 1. The Labute approximate surface area is 155 Å². The van der Waals surface area contributed by atoms with Gasteiger partial charge in [-0.15, -0.1) is 11.3 Å². The first-order valence-corrected chi connectivity index (χ1v) is 9.16. The number of hydrogen-bond acceptors (Lipinski definition) is 5. The molecule has 0 radical (unpaired) electrons. The summed E-state index contributed by atoms with van der Waals surface area (Å²) in [5.41, 5.74) is 4.93. The summed E-state index contributed by atoms with van der Waals surface area (Å²) in [7, 11) is 1.61. The summed E-state index contributed by atoms with van der Waals surface area (Å²) >= 11 is 1.58. The van der Waals surface area contributed by atoms with Gasteiger partial charge in [0, 0.05) is 23.3 Å². The van der Waals surface area contributed by atoms with Crippen molar-refractivity contribution in [2.75, 3.05) is 7.11 Å². The van der Waals surface area contributed by atoms with E-state index in [4.69, 9.17) is 9.84 Å². The summed E-state index contributed by atoms with van der Waals surface area (Å²) in [4.78, 5) is 24.4. The molecular weight excluding hydrogens is 352 g/mol. The van der Waals surface area contributed by atoms with Gasteiger partial charge in [0.15, 0.2) is 0 Å². The van der Waals surface area contributed by atoms with Gasteiger partial charge in [0.1, 0.15) is 11.8 Å². The number of nitrogens with zero attached hydrogens (tertiary/aromatic N) is 1. The highest BCUT2D eigenvalue weighted by Crippen LogP contribution is 2.34. The summed E-state index contributed by atoms with van der Waals surface area (Å²) < 4.78 is 5.27. The van der Waals surface area contributed by atoms with Crippen LogP contribution in [0.2, 0.25) is 0 Å². The largest absolute Gasteiger partial charge is 0.497 e. The van der Waals surface area contributed by atoms with Crippen LogP contribution in [0.3, 0.4) is 0 Å². The molecular formula is C19H20N2O4S. The van der Waals surface area contributed by atoms with Gasteiger partial charge in [-0.05, 0) is 36.1 Å². The van der Waals surface area contributed by atoms with Crippen LogP contribution in [0.25, 0.3) is 5.70 Å². The summed E-state index contributed by atoms with van der Waals surface area (Å²) in [5, 5.41) is 12.3. The zero-order valence-electron chi connectivity index (χ0n) is 14.3. The molecule has 6 nitrogen and oxygen atoms in total. The summed E-state index contributed by atoms with van der Waals surface area (Å²) in [6, 6.07) is 11.3. The van der Waals surface area contributed by atoms with Crippen LogP contribution in [0.4, 0.5) is 0 Å². The zero-order chi connectivity index (χ0) is 18.5. The van der Waals surface area contributed by atoms with Crippen molar-refractivity contribution in [3.63, 3.8) is 0 Å². The average Bonchev–Trinajstić information content (AvgIpc) is 3.30. The number of carboxylic acids is 1. The quantitative estimate of drug-likeness (QED) is 0.778. The molecule has 1 amide bonds. The minimum Gasteiger partial charge on any atom is -0.497 e. The Bertz CT molecular complexity index is 817. The van der Waals surface area contributed by atoms with E-state index < -0.39 is 5.97 Å². The molecule has 0 bridgehead atoms. The van der Waals surface area contributed by atoms with E-state index in [0.29, 0.717) is 6.42 Å². The molecule has 26 heavy (non-hydrogen) atoms. The predicted octanol–water partition coefficient (Wildman–Crippen LogP) is 3.44. The van der Waals surface area contributed by atoms with Gasteiger partial charge in [0.2, 0.25) is 5.91 Å². The lowest BCUT2D eigenvalue weighted by Gasteiger charge is -2.24. The molecule has 0 saturated carbocycles. The van der Waals surface area contributed by atoms with E-state index in [-0.39, 0.29) is 24.8 Å². The van der Waals surface area contributed by atoms with Gasteiger partial charge in [0.25, 0.3) is 0 Å². The van der Waals surface area contributed by atoms with Gasteiger partial charge in [0.05, 0.1) is 12.8 Å². The number of hydrazine groups is 1. The second-order valence-corrected chi connectivity index (χ2v) is 6.87. The highest BCUT2D eigenvalue weighted by atomic mass is 32.1. The number of carbonyl (C=O) groups excluding carboxylic acids is 1. The fourth-order valence-corrected chi connectivity index (χ4v) is 3.60. The number of methoxy groups -OCH3 is 1. The van der Waals surface area contributed by atoms with E-state index in [1.807, 2.05) is 47.9 Å². The van der Waals surface area contributed by atoms with Crippen LogP contribution in [0.5, 0.6) is 5.75 Å². The highest BCUT2D eigenvalue weighted by molar-refractivity contribution is 7.10. The fourth-order valence-electron chi connectivity index (χ4n) is 2.82. The Kier molecular flexibility index (Phi) is 5.58. The Morgan fingerprint density at radius 1 is 1.27 bits per heavy atom. The van der Waals surface area contributed by atoms with Crippen molar-refractivity contribution in [3.8, 4) is 5.75 Å². The number of thiophene rings is 1. The van der Waals surface area contributed by atoms with Gasteiger partial charge < -0.3 is 9.84 Å². The number of carboxylic acid groups (broad SMARTS) is 1. The standard InChI is InChI=1S/C19H20N2O4S/c1-25-14-6-2-5-13(11-14)15-12-16(17-7-4-10-26-17)21(20-15)18(22)8-3-9-19(23)24/h2,4-7,10-12,16,20H,3,8-9H2,1H3,(H,23,24)/t16-/m1/s1. The molecule has 0 unspecified atom stereocenters. The smallest absolute Gasteiger partial charge is 0.303 e. The fraction of sp³-hybridized carbons (Fsp3) is 0.263. The van der Waals surface area contributed by atoms with Crippen LogP contribution < -0.4 is 10.2 Å². The van der Waals surface area contributed by atoms with Crippen molar-refractivity contribution in [2.24, 2.45) is 0 Å². The lowest BCUT2D eigenvalue weighted by molar-refractivity contribution is -0.137. The van der Waals surface area contributed by atoms with Crippen molar-refractivity contribution in [2.45, 2.75) is 25.3 Å².